The summed E-state index contributed by atoms with van der Waals surface area (Å²) in [5.41, 5.74) is -0.812. The molecule has 0 bridgehead atoms. The molecule has 2 rings (SSSR count). The smallest absolute Gasteiger partial charge is 0.317 e. The molecule has 8 heteroatoms. The number of urea groups is 1. The van der Waals surface area contributed by atoms with E-state index >= 15 is 0 Å². The van der Waals surface area contributed by atoms with Crippen molar-refractivity contribution in [3.63, 3.8) is 0 Å². The molecule has 0 spiro atoms. The summed E-state index contributed by atoms with van der Waals surface area (Å²) in [7, 11) is 0. The predicted octanol–water partition coefficient (Wildman–Crippen LogP) is 1.16. The number of carboxylic acid groups (broad SMARTS) is 1. The highest BCUT2D eigenvalue weighted by molar-refractivity contribution is 5.79. The largest absolute Gasteiger partial charge is 0.481 e. The van der Waals surface area contributed by atoms with Gasteiger partial charge in [0, 0.05) is 13.1 Å². The summed E-state index contributed by atoms with van der Waals surface area (Å²) in [4.78, 5) is 29.1. The van der Waals surface area contributed by atoms with Crippen LogP contribution in [0.2, 0.25) is 0 Å². The number of aliphatic carboxylic acids is 1. The summed E-state index contributed by atoms with van der Waals surface area (Å²) in [5, 5.41) is 15.7. The maximum atomic E-state index is 12.1. The van der Waals surface area contributed by atoms with E-state index in [1.807, 2.05) is 6.92 Å². The van der Waals surface area contributed by atoms with Gasteiger partial charge in [0.25, 0.3) is 0 Å². The first-order valence-electron chi connectivity index (χ1n) is 7.02. The molecule has 1 atom stereocenters. The summed E-state index contributed by atoms with van der Waals surface area (Å²) >= 11 is 0. The Balaban J connectivity index is 1.91. The number of hydrogen-bond donors (Lipinski definition) is 2. The van der Waals surface area contributed by atoms with Crippen LogP contribution in [-0.4, -0.2) is 45.2 Å². The van der Waals surface area contributed by atoms with Crippen LogP contribution in [0.1, 0.15) is 37.9 Å². The topological polar surface area (TPSA) is 109 Å². The van der Waals surface area contributed by atoms with Gasteiger partial charge in [-0.25, -0.2) is 4.79 Å². The maximum absolute atomic E-state index is 12.1. The van der Waals surface area contributed by atoms with Crippen molar-refractivity contribution in [1.29, 1.82) is 0 Å². The van der Waals surface area contributed by atoms with E-state index in [9.17, 15) is 14.7 Å². The lowest BCUT2D eigenvalue weighted by molar-refractivity contribution is -0.148. The number of carbonyl (C=O) groups excluding carboxylic acids is 1. The molecule has 2 amide bonds. The molecule has 0 radical (unpaired) electrons. The second kappa shape index (κ2) is 6.11. The zero-order valence-electron chi connectivity index (χ0n) is 12.3. The number of aromatic nitrogens is 2. The second-order valence-electron chi connectivity index (χ2n) is 5.40. The molecule has 1 aliphatic rings. The number of likely N-dealkylation sites (tertiary alicyclic amines) is 1. The minimum atomic E-state index is -0.827. The number of rotatable bonds is 5. The highest BCUT2D eigenvalue weighted by atomic mass is 16.5. The Bertz CT molecular complexity index is 530. The molecule has 0 aromatic carbocycles. The van der Waals surface area contributed by atoms with Gasteiger partial charge in [0.15, 0.2) is 5.82 Å². The standard InChI is InChI=1S/C13H20N4O4/c1-3-4-13(11(18)19)5-6-17(8-13)12(20)14-7-10-15-9(2)16-21-10/h3-8H2,1-2H3,(H,14,20)(H,18,19). The van der Waals surface area contributed by atoms with Crippen molar-refractivity contribution < 1.29 is 19.2 Å². The lowest BCUT2D eigenvalue weighted by Crippen LogP contribution is -2.41. The molecule has 1 fully saturated rings. The summed E-state index contributed by atoms with van der Waals surface area (Å²) in [5.74, 6) is 0.0125. The van der Waals surface area contributed by atoms with Crippen LogP contribution in [0.25, 0.3) is 0 Å². The van der Waals surface area contributed by atoms with Crippen molar-refractivity contribution in [3.8, 4) is 0 Å². The molecule has 116 valence electrons. The zero-order valence-corrected chi connectivity index (χ0v) is 12.3. The van der Waals surface area contributed by atoms with Gasteiger partial charge in [0.1, 0.15) is 0 Å². The van der Waals surface area contributed by atoms with Gasteiger partial charge in [-0.05, 0) is 19.8 Å². The van der Waals surface area contributed by atoms with Crippen molar-refractivity contribution in [2.75, 3.05) is 13.1 Å². The average molecular weight is 296 g/mol. The van der Waals surface area contributed by atoms with E-state index in [-0.39, 0.29) is 19.1 Å². The molecule has 0 aliphatic carbocycles. The van der Waals surface area contributed by atoms with Crippen LogP contribution in [0.5, 0.6) is 0 Å². The lowest BCUT2D eigenvalue weighted by Gasteiger charge is -2.24. The number of nitrogens with one attached hydrogen (secondary N) is 1. The van der Waals surface area contributed by atoms with Gasteiger partial charge in [-0.15, -0.1) is 0 Å². The lowest BCUT2D eigenvalue weighted by atomic mass is 9.83. The Labute approximate surface area is 122 Å². The molecular formula is C13H20N4O4. The zero-order chi connectivity index (χ0) is 15.5. The molecule has 1 aromatic heterocycles. The first-order valence-corrected chi connectivity index (χ1v) is 7.02. The van der Waals surface area contributed by atoms with E-state index in [4.69, 9.17) is 4.52 Å². The van der Waals surface area contributed by atoms with E-state index in [0.717, 1.165) is 6.42 Å². The highest BCUT2D eigenvalue weighted by Gasteiger charge is 2.45. The van der Waals surface area contributed by atoms with Gasteiger partial charge in [0.05, 0.1) is 12.0 Å². The number of nitrogens with zero attached hydrogens (tertiary/aromatic N) is 3. The Morgan fingerprint density at radius 2 is 2.29 bits per heavy atom. The number of carboxylic acids is 1. The van der Waals surface area contributed by atoms with Gasteiger partial charge < -0.3 is 19.8 Å². The first kappa shape index (κ1) is 15.3. The third-order valence-electron chi connectivity index (χ3n) is 3.78. The predicted molar refractivity (Wildman–Crippen MR) is 72.4 cm³/mol. The average Bonchev–Trinajstić information content (AvgIpc) is 3.04. The SMILES string of the molecule is CCCC1(C(=O)O)CCN(C(=O)NCc2nc(C)no2)C1. The van der Waals surface area contributed by atoms with E-state index < -0.39 is 11.4 Å². The molecule has 8 nitrogen and oxygen atoms in total. The molecule has 1 unspecified atom stereocenters. The van der Waals surface area contributed by atoms with Crippen molar-refractivity contribution >= 4 is 12.0 Å². The molecule has 1 aliphatic heterocycles. The number of carbonyl (C=O) groups is 2. The van der Waals surface area contributed by atoms with Crippen LogP contribution in [0, 0.1) is 12.3 Å². The van der Waals surface area contributed by atoms with Gasteiger partial charge in [0.2, 0.25) is 5.89 Å². The van der Waals surface area contributed by atoms with Crippen molar-refractivity contribution in [2.45, 2.75) is 39.7 Å². The Hall–Kier alpha value is -2.12. The van der Waals surface area contributed by atoms with Crippen molar-refractivity contribution in [2.24, 2.45) is 5.41 Å². The van der Waals surface area contributed by atoms with Gasteiger partial charge in [-0.3, -0.25) is 4.79 Å². The van der Waals surface area contributed by atoms with E-state index in [2.05, 4.69) is 15.5 Å². The normalized spacial score (nSPS) is 21.5. The number of aryl methyl sites for hydroxylation is 1. The summed E-state index contributed by atoms with van der Waals surface area (Å²) in [6, 6.07) is -0.301. The van der Waals surface area contributed by atoms with Crippen molar-refractivity contribution in [1.82, 2.24) is 20.4 Å². The third kappa shape index (κ3) is 3.32. The fourth-order valence-corrected chi connectivity index (χ4v) is 2.68. The maximum Gasteiger partial charge on any atom is 0.317 e. The Morgan fingerprint density at radius 3 is 2.86 bits per heavy atom. The fraction of sp³-hybridized carbons (Fsp3) is 0.692. The molecule has 2 heterocycles. The van der Waals surface area contributed by atoms with Crippen LogP contribution < -0.4 is 5.32 Å². The Kier molecular flexibility index (Phi) is 4.44. The quantitative estimate of drug-likeness (QED) is 0.844. The van der Waals surface area contributed by atoms with Crippen molar-refractivity contribution in [3.05, 3.63) is 11.7 Å². The van der Waals surface area contributed by atoms with Crippen LogP contribution in [0.3, 0.4) is 0 Å². The monoisotopic (exact) mass is 296 g/mol. The summed E-state index contributed by atoms with van der Waals surface area (Å²) < 4.78 is 4.91. The van der Waals surface area contributed by atoms with E-state index in [1.54, 1.807) is 6.92 Å². The first-order chi connectivity index (χ1) is 9.97. The minimum absolute atomic E-state index is 0.143. The van der Waals surface area contributed by atoms with E-state index in [0.29, 0.717) is 31.1 Å². The highest BCUT2D eigenvalue weighted by Crippen LogP contribution is 2.35. The number of amides is 2. The molecule has 0 saturated carbocycles. The molecular weight excluding hydrogens is 276 g/mol. The van der Waals surface area contributed by atoms with Crippen LogP contribution in [0.4, 0.5) is 4.79 Å². The molecule has 1 saturated heterocycles. The summed E-state index contributed by atoms with van der Waals surface area (Å²) in [6.45, 7) is 4.47. The summed E-state index contributed by atoms with van der Waals surface area (Å²) in [6.07, 6.45) is 1.85. The van der Waals surface area contributed by atoms with Crippen LogP contribution >= 0.6 is 0 Å². The molecule has 1 aromatic rings. The van der Waals surface area contributed by atoms with Gasteiger partial charge in [-0.2, -0.15) is 4.98 Å². The third-order valence-corrected chi connectivity index (χ3v) is 3.78. The second-order valence-corrected chi connectivity index (χ2v) is 5.40. The Morgan fingerprint density at radius 1 is 1.52 bits per heavy atom. The van der Waals surface area contributed by atoms with Crippen LogP contribution in [0.15, 0.2) is 4.52 Å². The molecule has 2 N–H and O–H groups in total. The van der Waals surface area contributed by atoms with Gasteiger partial charge >= 0.3 is 12.0 Å². The van der Waals surface area contributed by atoms with Crippen LogP contribution in [-0.2, 0) is 11.3 Å². The fourth-order valence-electron chi connectivity index (χ4n) is 2.68. The van der Waals surface area contributed by atoms with E-state index in [1.165, 1.54) is 4.90 Å². The number of hydrogen-bond acceptors (Lipinski definition) is 5. The molecule has 21 heavy (non-hydrogen) atoms. The van der Waals surface area contributed by atoms with Gasteiger partial charge in [-0.1, -0.05) is 18.5 Å². The minimum Gasteiger partial charge on any atom is -0.481 e.